The summed E-state index contributed by atoms with van der Waals surface area (Å²) in [5, 5.41) is 2.57. The van der Waals surface area contributed by atoms with E-state index in [1.165, 1.54) is 22.3 Å². The van der Waals surface area contributed by atoms with Crippen molar-refractivity contribution in [3.63, 3.8) is 0 Å². The Bertz CT molecular complexity index is 2480. The van der Waals surface area contributed by atoms with Gasteiger partial charge in [0.25, 0.3) is 0 Å². The maximum Gasteiger partial charge on any atom is 0.197 e. The zero-order valence-electron chi connectivity index (χ0n) is 32.9. The molecule has 4 heteroatoms. The van der Waals surface area contributed by atoms with Crippen molar-refractivity contribution < 1.29 is 0 Å². The quantitative estimate of drug-likeness (QED) is 0.163. The van der Waals surface area contributed by atoms with E-state index >= 15 is 0 Å². The minimum atomic E-state index is -0.0201. The topological polar surface area (TPSA) is 44.0 Å². The lowest BCUT2D eigenvalue weighted by Crippen LogP contribution is -2.16. The standard InChI is InChI=1S/C48H52N2O2/c1-25(2)33-17-34(26(3)4)20-37(19-33)49-43-15-31(11)29(9)13-39(43)47(51)41-24-46-42(23-45(41)49)48(52)40-14-30(10)32(12)16-44(40)50(46)38-21-35(27(5)6)18-36(22-38)28(7)8/h13-28H,1-12H3. The fraction of sp³-hybridized carbons (Fsp3) is 0.333. The van der Waals surface area contributed by atoms with Crippen LogP contribution in [0.3, 0.4) is 0 Å². The Labute approximate surface area is 307 Å². The summed E-state index contributed by atoms with van der Waals surface area (Å²) in [7, 11) is 0. The number of hydrogen-bond acceptors (Lipinski definition) is 2. The summed E-state index contributed by atoms with van der Waals surface area (Å²) >= 11 is 0. The molecule has 0 aliphatic rings. The summed E-state index contributed by atoms with van der Waals surface area (Å²) in [4.78, 5) is 29.6. The van der Waals surface area contributed by atoms with Crippen molar-refractivity contribution in [1.29, 1.82) is 0 Å². The molecule has 52 heavy (non-hydrogen) atoms. The molecule has 2 heterocycles. The molecular formula is C48H52N2O2. The summed E-state index contributed by atoms with van der Waals surface area (Å²) < 4.78 is 4.47. The Morgan fingerprint density at radius 1 is 0.346 bits per heavy atom. The number of aryl methyl sites for hydroxylation is 4. The van der Waals surface area contributed by atoms with Crippen LogP contribution >= 0.6 is 0 Å². The monoisotopic (exact) mass is 688 g/mol. The average molecular weight is 689 g/mol. The molecule has 0 unspecified atom stereocenters. The van der Waals surface area contributed by atoms with Gasteiger partial charge in [-0.3, -0.25) is 9.59 Å². The third-order valence-corrected chi connectivity index (χ3v) is 11.4. The van der Waals surface area contributed by atoms with E-state index in [1.807, 2.05) is 24.3 Å². The first-order valence-electron chi connectivity index (χ1n) is 19.0. The minimum absolute atomic E-state index is 0.0201. The molecule has 0 saturated heterocycles. The summed E-state index contributed by atoms with van der Waals surface area (Å²) in [6.45, 7) is 26.1. The van der Waals surface area contributed by atoms with Crippen LogP contribution in [0.4, 0.5) is 0 Å². The normalized spacial score (nSPS) is 12.3. The Morgan fingerprint density at radius 2 is 0.596 bits per heavy atom. The number of hydrogen-bond donors (Lipinski definition) is 0. The molecule has 0 amide bonds. The number of rotatable bonds is 6. The van der Waals surface area contributed by atoms with Crippen molar-refractivity contribution in [3.8, 4) is 11.4 Å². The van der Waals surface area contributed by atoms with Crippen molar-refractivity contribution in [2.45, 2.75) is 107 Å². The summed E-state index contributed by atoms with van der Waals surface area (Å²) in [5.41, 5.74) is 14.6. The summed E-state index contributed by atoms with van der Waals surface area (Å²) in [6.07, 6.45) is 0. The lowest BCUT2D eigenvalue weighted by Gasteiger charge is -2.23. The van der Waals surface area contributed by atoms with Crippen LogP contribution in [0.5, 0.6) is 0 Å². The van der Waals surface area contributed by atoms with Crippen LogP contribution < -0.4 is 10.9 Å². The predicted molar refractivity (Wildman–Crippen MR) is 223 cm³/mol. The maximum atomic E-state index is 14.8. The molecule has 0 saturated carbocycles. The number of nitrogens with zero attached hydrogens (tertiary/aromatic N) is 2. The lowest BCUT2D eigenvalue weighted by atomic mass is 9.94. The highest BCUT2D eigenvalue weighted by atomic mass is 16.1. The van der Waals surface area contributed by atoms with Gasteiger partial charge >= 0.3 is 0 Å². The fourth-order valence-corrected chi connectivity index (χ4v) is 7.66. The van der Waals surface area contributed by atoms with Gasteiger partial charge in [0.05, 0.1) is 22.1 Å². The summed E-state index contributed by atoms with van der Waals surface area (Å²) in [6, 6.07) is 26.0. The van der Waals surface area contributed by atoms with Crippen molar-refractivity contribution in [2.75, 3.05) is 0 Å². The van der Waals surface area contributed by atoms with Crippen LogP contribution in [0.15, 0.2) is 82.4 Å². The van der Waals surface area contributed by atoms with Gasteiger partial charge in [-0.05, 0) is 157 Å². The van der Waals surface area contributed by atoms with Gasteiger partial charge in [0.2, 0.25) is 0 Å². The Morgan fingerprint density at radius 3 is 0.885 bits per heavy atom. The van der Waals surface area contributed by atoms with Crippen molar-refractivity contribution >= 4 is 43.6 Å². The van der Waals surface area contributed by atoms with Crippen LogP contribution in [0.2, 0.25) is 0 Å². The van der Waals surface area contributed by atoms with Crippen LogP contribution in [0, 0.1) is 27.7 Å². The Balaban J connectivity index is 1.75. The third-order valence-electron chi connectivity index (χ3n) is 11.4. The van der Waals surface area contributed by atoms with Gasteiger partial charge in [-0.25, -0.2) is 0 Å². The zero-order valence-corrected chi connectivity index (χ0v) is 32.9. The second-order valence-electron chi connectivity index (χ2n) is 16.5. The highest BCUT2D eigenvalue weighted by Gasteiger charge is 2.21. The number of fused-ring (bicyclic) bond motifs is 4. The Hall–Kier alpha value is -4.96. The molecule has 0 spiro atoms. The fourth-order valence-electron chi connectivity index (χ4n) is 7.66. The molecular weight excluding hydrogens is 637 g/mol. The van der Waals surface area contributed by atoms with Gasteiger partial charge in [-0.2, -0.15) is 0 Å². The maximum absolute atomic E-state index is 14.8. The molecule has 0 aliphatic heterocycles. The van der Waals surface area contributed by atoms with Gasteiger partial charge < -0.3 is 9.13 Å². The molecule has 0 bridgehead atoms. The molecule has 7 aromatic rings. The van der Waals surface area contributed by atoms with E-state index in [0.29, 0.717) is 45.2 Å². The number of benzene rings is 5. The molecule has 0 atom stereocenters. The largest absolute Gasteiger partial charge is 0.309 e. The third kappa shape index (κ3) is 5.77. The van der Waals surface area contributed by atoms with Crippen molar-refractivity contribution in [1.82, 2.24) is 9.13 Å². The van der Waals surface area contributed by atoms with Crippen LogP contribution in [0.25, 0.3) is 55.0 Å². The van der Waals surface area contributed by atoms with E-state index in [9.17, 15) is 9.59 Å². The predicted octanol–water partition coefficient (Wildman–Crippen LogP) is 12.3. The van der Waals surface area contributed by atoms with E-state index < -0.39 is 0 Å². The van der Waals surface area contributed by atoms with E-state index in [2.05, 4.69) is 141 Å². The van der Waals surface area contributed by atoms with E-state index in [4.69, 9.17) is 0 Å². The smallest absolute Gasteiger partial charge is 0.197 e. The first-order valence-corrected chi connectivity index (χ1v) is 19.0. The number of pyridine rings is 2. The molecule has 5 aromatic carbocycles. The molecule has 0 N–H and O–H groups in total. The molecule has 7 rings (SSSR count). The van der Waals surface area contributed by atoms with Gasteiger partial charge in [-0.1, -0.05) is 67.5 Å². The molecule has 0 radical (unpaired) electrons. The van der Waals surface area contributed by atoms with Gasteiger partial charge in [0.15, 0.2) is 10.9 Å². The summed E-state index contributed by atoms with van der Waals surface area (Å²) in [5.74, 6) is 1.28. The van der Waals surface area contributed by atoms with Crippen LogP contribution in [-0.4, -0.2) is 9.13 Å². The van der Waals surface area contributed by atoms with Crippen LogP contribution in [-0.2, 0) is 0 Å². The minimum Gasteiger partial charge on any atom is -0.309 e. The van der Waals surface area contributed by atoms with Gasteiger partial charge in [-0.15, -0.1) is 0 Å². The second kappa shape index (κ2) is 12.9. The average Bonchev–Trinajstić information content (AvgIpc) is 3.09. The van der Waals surface area contributed by atoms with E-state index in [-0.39, 0.29) is 10.9 Å². The van der Waals surface area contributed by atoms with Crippen LogP contribution in [0.1, 0.15) is 124 Å². The highest BCUT2D eigenvalue weighted by Crippen LogP contribution is 2.35. The first-order chi connectivity index (χ1) is 24.5. The molecule has 4 nitrogen and oxygen atoms in total. The van der Waals surface area contributed by atoms with Gasteiger partial charge in [0, 0.05) is 32.9 Å². The van der Waals surface area contributed by atoms with E-state index in [0.717, 1.165) is 55.7 Å². The molecule has 0 fully saturated rings. The Kier molecular flexibility index (Phi) is 8.80. The van der Waals surface area contributed by atoms with Crippen molar-refractivity contribution in [2.24, 2.45) is 0 Å². The first kappa shape index (κ1) is 35.4. The lowest BCUT2D eigenvalue weighted by molar-refractivity contribution is 0.830. The van der Waals surface area contributed by atoms with Crippen molar-refractivity contribution in [3.05, 3.63) is 138 Å². The second-order valence-corrected chi connectivity index (χ2v) is 16.5. The zero-order chi connectivity index (χ0) is 37.5. The van der Waals surface area contributed by atoms with Gasteiger partial charge in [0.1, 0.15) is 0 Å². The SMILES string of the molecule is Cc1cc2c(=O)c3cc4c(cc3n(-c3cc(C(C)C)cc(C(C)C)c3)c2cc1C)c(=O)c1cc(C)c(C)cc1n4-c1cc(C(C)C)cc(C(C)C)c1. The number of aromatic nitrogens is 2. The highest BCUT2D eigenvalue weighted by molar-refractivity contribution is 6.05. The molecule has 0 aliphatic carbocycles. The molecule has 2 aromatic heterocycles. The molecule has 266 valence electrons. The van der Waals surface area contributed by atoms with E-state index in [1.54, 1.807) is 0 Å².